The molecule has 2 aromatic rings. The summed E-state index contributed by atoms with van der Waals surface area (Å²) < 4.78 is 26.8. The van der Waals surface area contributed by atoms with E-state index >= 15 is 0 Å². The second-order valence-corrected chi connectivity index (χ2v) is 5.19. The molecule has 1 N–H and O–H groups in total. The number of hydrogen-bond donors (Lipinski definition) is 1. The number of likely N-dealkylation sites (tertiary alicyclic amines) is 1. The molecule has 1 aromatic carbocycles. The quantitative estimate of drug-likeness (QED) is 0.919. The lowest BCUT2D eigenvalue weighted by molar-refractivity contribution is 0.207. The maximum absolute atomic E-state index is 13.6. The Hall–Kier alpha value is -2.50. The number of pyridine rings is 1. The number of hydrogen-bond acceptors (Lipinski definition) is 2. The summed E-state index contributed by atoms with van der Waals surface area (Å²) in [4.78, 5) is 18.0. The van der Waals surface area contributed by atoms with Gasteiger partial charge in [-0.05, 0) is 42.7 Å². The van der Waals surface area contributed by atoms with Crippen LogP contribution < -0.4 is 5.32 Å². The number of rotatable bonds is 2. The largest absolute Gasteiger partial charge is 0.322 e. The van der Waals surface area contributed by atoms with E-state index in [1.54, 1.807) is 17.3 Å². The van der Waals surface area contributed by atoms with Crippen molar-refractivity contribution in [1.29, 1.82) is 0 Å². The van der Waals surface area contributed by atoms with E-state index in [0.717, 1.165) is 36.6 Å². The van der Waals surface area contributed by atoms with Crippen molar-refractivity contribution in [2.45, 2.75) is 18.9 Å². The zero-order valence-corrected chi connectivity index (χ0v) is 11.8. The molecule has 0 saturated carbocycles. The SMILES string of the molecule is O=C(Nc1cc(F)ccc1F)N1CCCC1c1ccncc1. The topological polar surface area (TPSA) is 45.2 Å². The van der Waals surface area contributed by atoms with E-state index in [0.29, 0.717) is 6.54 Å². The van der Waals surface area contributed by atoms with Crippen molar-refractivity contribution < 1.29 is 13.6 Å². The molecule has 1 aliphatic heterocycles. The summed E-state index contributed by atoms with van der Waals surface area (Å²) >= 11 is 0. The molecule has 0 spiro atoms. The van der Waals surface area contributed by atoms with Crippen molar-refractivity contribution in [3.8, 4) is 0 Å². The minimum atomic E-state index is -0.658. The standard InChI is InChI=1S/C16H15F2N3O/c17-12-3-4-13(18)14(10-12)20-16(22)21-9-1-2-15(21)11-5-7-19-8-6-11/h3-8,10,15H,1-2,9H2,(H,20,22). The summed E-state index contributed by atoms with van der Waals surface area (Å²) in [6.07, 6.45) is 5.06. The average molecular weight is 303 g/mol. The van der Waals surface area contributed by atoms with Crippen LogP contribution in [0, 0.1) is 11.6 Å². The number of nitrogens with zero attached hydrogens (tertiary/aromatic N) is 2. The van der Waals surface area contributed by atoms with Crippen LogP contribution in [0.25, 0.3) is 0 Å². The molecule has 3 rings (SSSR count). The zero-order valence-electron chi connectivity index (χ0n) is 11.8. The Labute approximate surface area is 126 Å². The number of anilines is 1. The maximum Gasteiger partial charge on any atom is 0.322 e. The number of aromatic nitrogens is 1. The van der Waals surface area contributed by atoms with E-state index in [1.165, 1.54) is 0 Å². The number of benzene rings is 1. The summed E-state index contributed by atoms with van der Waals surface area (Å²) in [6.45, 7) is 0.579. The number of carbonyl (C=O) groups excluding carboxylic acids is 1. The molecule has 1 saturated heterocycles. The van der Waals surface area contributed by atoms with Crippen LogP contribution in [0.3, 0.4) is 0 Å². The van der Waals surface area contributed by atoms with Gasteiger partial charge < -0.3 is 10.2 Å². The molecule has 1 fully saturated rings. The van der Waals surface area contributed by atoms with Gasteiger partial charge in [0.15, 0.2) is 0 Å². The number of halogens is 2. The Morgan fingerprint density at radius 1 is 1.23 bits per heavy atom. The highest BCUT2D eigenvalue weighted by Crippen LogP contribution is 2.32. The van der Waals surface area contributed by atoms with Crippen LogP contribution in [-0.2, 0) is 0 Å². The first-order valence-electron chi connectivity index (χ1n) is 7.08. The molecule has 2 heterocycles. The Morgan fingerprint density at radius 3 is 2.77 bits per heavy atom. The van der Waals surface area contributed by atoms with Gasteiger partial charge in [0.25, 0.3) is 0 Å². The first kappa shape index (κ1) is 14.4. The third-order valence-electron chi connectivity index (χ3n) is 3.77. The Bertz CT molecular complexity index is 678. The van der Waals surface area contributed by atoms with Crippen LogP contribution in [0.1, 0.15) is 24.4 Å². The normalized spacial score (nSPS) is 17.5. The molecule has 114 valence electrons. The predicted octanol–water partition coefficient (Wildman–Crippen LogP) is 3.73. The summed E-state index contributed by atoms with van der Waals surface area (Å²) in [6, 6.07) is 6.21. The molecule has 0 aliphatic carbocycles. The van der Waals surface area contributed by atoms with Crippen molar-refractivity contribution in [3.63, 3.8) is 0 Å². The highest BCUT2D eigenvalue weighted by molar-refractivity contribution is 5.90. The van der Waals surface area contributed by atoms with Crippen LogP contribution >= 0.6 is 0 Å². The number of urea groups is 1. The van der Waals surface area contributed by atoms with Gasteiger partial charge in [-0.3, -0.25) is 4.98 Å². The smallest absolute Gasteiger partial charge is 0.317 e. The van der Waals surface area contributed by atoms with E-state index in [1.807, 2.05) is 12.1 Å². The number of amides is 2. The highest BCUT2D eigenvalue weighted by Gasteiger charge is 2.30. The van der Waals surface area contributed by atoms with Crippen molar-refractivity contribution in [1.82, 2.24) is 9.88 Å². The third-order valence-corrected chi connectivity index (χ3v) is 3.77. The lowest BCUT2D eigenvalue weighted by Gasteiger charge is -2.25. The molecule has 0 radical (unpaired) electrons. The molecule has 22 heavy (non-hydrogen) atoms. The van der Waals surface area contributed by atoms with Gasteiger partial charge >= 0.3 is 6.03 Å². The fraction of sp³-hybridized carbons (Fsp3) is 0.250. The van der Waals surface area contributed by atoms with Gasteiger partial charge in [0, 0.05) is 25.0 Å². The fourth-order valence-corrected chi connectivity index (χ4v) is 2.72. The van der Waals surface area contributed by atoms with Crippen molar-refractivity contribution in [2.75, 3.05) is 11.9 Å². The second kappa shape index (κ2) is 6.09. The average Bonchev–Trinajstić information content (AvgIpc) is 3.01. The molecule has 2 amide bonds. The molecule has 1 unspecified atom stereocenters. The lowest BCUT2D eigenvalue weighted by Crippen LogP contribution is -2.34. The Balaban J connectivity index is 1.78. The summed E-state index contributed by atoms with van der Waals surface area (Å²) in [5, 5.41) is 2.45. The van der Waals surface area contributed by atoms with Crippen molar-refractivity contribution in [2.24, 2.45) is 0 Å². The molecular formula is C16H15F2N3O. The number of nitrogens with one attached hydrogen (secondary N) is 1. The van der Waals surface area contributed by atoms with Crippen LogP contribution in [0.4, 0.5) is 19.3 Å². The van der Waals surface area contributed by atoms with E-state index < -0.39 is 17.7 Å². The molecule has 6 heteroatoms. The monoisotopic (exact) mass is 303 g/mol. The van der Waals surface area contributed by atoms with Gasteiger partial charge in [-0.1, -0.05) is 0 Å². The number of carbonyl (C=O) groups is 1. The van der Waals surface area contributed by atoms with Gasteiger partial charge in [-0.15, -0.1) is 0 Å². The van der Waals surface area contributed by atoms with Gasteiger partial charge in [-0.2, -0.15) is 0 Å². The third kappa shape index (κ3) is 2.90. The maximum atomic E-state index is 13.6. The predicted molar refractivity (Wildman–Crippen MR) is 78.3 cm³/mol. The van der Waals surface area contributed by atoms with Gasteiger partial charge in [0.2, 0.25) is 0 Å². The minimum absolute atomic E-state index is 0.0698. The van der Waals surface area contributed by atoms with E-state index in [4.69, 9.17) is 0 Å². The summed E-state index contributed by atoms with van der Waals surface area (Å²) in [5.74, 6) is -1.25. The minimum Gasteiger partial charge on any atom is -0.317 e. The van der Waals surface area contributed by atoms with Crippen molar-refractivity contribution >= 4 is 11.7 Å². The van der Waals surface area contributed by atoms with Crippen LogP contribution in [-0.4, -0.2) is 22.5 Å². The molecule has 1 atom stereocenters. The summed E-state index contributed by atoms with van der Waals surface area (Å²) in [5.41, 5.74) is 0.841. The van der Waals surface area contributed by atoms with Gasteiger partial charge in [0.05, 0.1) is 11.7 Å². The molecular weight excluding hydrogens is 288 g/mol. The van der Waals surface area contributed by atoms with Crippen LogP contribution in [0.5, 0.6) is 0 Å². The summed E-state index contributed by atoms with van der Waals surface area (Å²) in [7, 11) is 0. The van der Waals surface area contributed by atoms with E-state index in [-0.39, 0.29) is 11.7 Å². The first-order valence-corrected chi connectivity index (χ1v) is 7.08. The van der Waals surface area contributed by atoms with Crippen LogP contribution in [0.15, 0.2) is 42.7 Å². The molecule has 0 bridgehead atoms. The molecule has 1 aromatic heterocycles. The Morgan fingerprint density at radius 2 is 2.00 bits per heavy atom. The molecule has 4 nitrogen and oxygen atoms in total. The van der Waals surface area contributed by atoms with Crippen molar-refractivity contribution in [3.05, 3.63) is 59.9 Å². The highest BCUT2D eigenvalue weighted by atomic mass is 19.1. The lowest BCUT2D eigenvalue weighted by atomic mass is 10.1. The zero-order chi connectivity index (χ0) is 15.5. The van der Waals surface area contributed by atoms with Gasteiger partial charge in [0.1, 0.15) is 11.6 Å². The Kier molecular flexibility index (Phi) is 4.00. The van der Waals surface area contributed by atoms with E-state index in [9.17, 15) is 13.6 Å². The van der Waals surface area contributed by atoms with Crippen LogP contribution in [0.2, 0.25) is 0 Å². The van der Waals surface area contributed by atoms with Gasteiger partial charge in [-0.25, -0.2) is 13.6 Å². The molecule has 1 aliphatic rings. The fourth-order valence-electron chi connectivity index (χ4n) is 2.72. The second-order valence-electron chi connectivity index (χ2n) is 5.19. The first-order chi connectivity index (χ1) is 10.6. The van der Waals surface area contributed by atoms with E-state index in [2.05, 4.69) is 10.3 Å².